The van der Waals surface area contributed by atoms with E-state index in [4.69, 9.17) is 15.1 Å². The number of carbonyl (C=O) groups excluding carboxylic acids is 1. The molecule has 0 aliphatic carbocycles. The van der Waals surface area contributed by atoms with Crippen LogP contribution >= 0.6 is 0 Å². The van der Waals surface area contributed by atoms with E-state index in [1.165, 1.54) is 4.90 Å². The van der Waals surface area contributed by atoms with E-state index in [-0.39, 0.29) is 24.5 Å². The maximum Gasteiger partial charge on any atom is 0.354 e. The van der Waals surface area contributed by atoms with Gasteiger partial charge in [-0.2, -0.15) is 5.26 Å². The van der Waals surface area contributed by atoms with Gasteiger partial charge in [0.05, 0.1) is 24.9 Å². The van der Waals surface area contributed by atoms with Gasteiger partial charge in [0.1, 0.15) is 5.69 Å². The number of nitrogens with zero attached hydrogens (tertiary/aromatic N) is 2. The molecule has 1 aromatic rings. The first-order chi connectivity index (χ1) is 9.51. The molecule has 1 saturated heterocycles. The van der Waals surface area contributed by atoms with Crippen molar-refractivity contribution in [3.8, 4) is 6.07 Å². The highest BCUT2D eigenvalue weighted by atomic mass is 16.5. The monoisotopic (exact) mass is 278 g/mol. The summed E-state index contributed by atoms with van der Waals surface area (Å²) in [5.41, 5.74) is 0.774. The minimum atomic E-state index is -1.15. The predicted octanol–water partition coefficient (Wildman–Crippen LogP) is 0.778. The molecule has 8 heteroatoms. The standard InChI is InChI=1S/C12H14N4O4/c1-7-4-9(10(14-7)11(17)18)15-12(19)16-2-3-20-8(5-13)6-16/h4,8,14H,2-3,6H2,1H3,(H,15,19)(H,17,18). The Hall–Kier alpha value is -2.53. The SMILES string of the molecule is Cc1cc(NC(=O)N2CCOC(C#N)C2)c(C(=O)O)[nH]1. The number of anilines is 1. The molecule has 0 bridgehead atoms. The third kappa shape index (κ3) is 2.89. The Balaban J connectivity index is 2.08. The number of urea groups is 1. The van der Waals surface area contributed by atoms with Gasteiger partial charge in [-0.05, 0) is 13.0 Å². The fourth-order valence-corrected chi connectivity index (χ4v) is 1.96. The van der Waals surface area contributed by atoms with E-state index in [9.17, 15) is 9.59 Å². The number of morpholine rings is 1. The van der Waals surface area contributed by atoms with E-state index in [0.717, 1.165) is 0 Å². The minimum absolute atomic E-state index is 0.0686. The summed E-state index contributed by atoms with van der Waals surface area (Å²) >= 11 is 0. The Morgan fingerprint density at radius 3 is 3.05 bits per heavy atom. The maximum absolute atomic E-state index is 12.1. The number of H-pyrrole nitrogens is 1. The second-order valence-electron chi connectivity index (χ2n) is 4.41. The fraction of sp³-hybridized carbons (Fsp3) is 0.417. The third-order valence-electron chi connectivity index (χ3n) is 2.91. The molecular formula is C12H14N4O4. The van der Waals surface area contributed by atoms with Crippen molar-refractivity contribution in [3.63, 3.8) is 0 Å². The molecule has 1 aromatic heterocycles. The quantitative estimate of drug-likeness (QED) is 0.738. The Morgan fingerprint density at radius 2 is 2.40 bits per heavy atom. The number of nitriles is 1. The molecule has 2 rings (SSSR count). The fourth-order valence-electron chi connectivity index (χ4n) is 1.96. The molecule has 2 amide bonds. The molecule has 0 aromatic carbocycles. The Morgan fingerprint density at radius 1 is 1.65 bits per heavy atom. The van der Waals surface area contributed by atoms with Crippen LogP contribution < -0.4 is 5.32 Å². The topological polar surface area (TPSA) is 118 Å². The molecule has 0 radical (unpaired) electrons. The number of rotatable bonds is 2. The maximum atomic E-state index is 12.1. The van der Waals surface area contributed by atoms with E-state index in [1.807, 2.05) is 6.07 Å². The van der Waals surface area contributed by atoms with Crippen LogP contribution in [0.5, 0.6) is 0 Å². The Labute approximate surface area is 114 Å². The summed E-state index contributed by atoms with van der Waals surface area (Å²) in [6.07, 6.45) is -0.651. The average Bonchev–Trinajstić information content (AvgIpc) is 2.80. The Bertz CT molecular complexity index is 575. The number of ether oxygens (including phenoxy) is 1. The summed E-state index contributed by atoms with van der Waals surface area (Å²) in [5.74, 6) is -1.15. The van der Waals surface area contributed by atoms with Crippen LogP contribution in [-0.4, -0.2) is 52.8 Å². The van der Waals surface area contributed by atoms with Gasteiger partial charge in [0.2, 0.25) is 0 Å². The number of nitrogens with one attached hydrogen (secondary N) is 2. The van der Waals surface area contributed by atoms with Gasteiger partial charge in [-0.25, -0.2) is 9.59 Å². The molecule has 1 atom stereocenters. The molecule has 20 heavy (non-hydrogen) atoms. The summed E-state index contributed by atoms with van der Waals surface area (Å²) in [6.45, 7) is 2.50. The van der Waals surface area contributed by atoms with Crippen molar-refractivity contribution in [2.45, 2.75) is 13.0 Å². The molecule has 1 aliphatic rings. The molecule has 2 heterocycles. The lowest BCUT2D eigenvalue weighted by Gasteiger charge is -2.29. The Kier molecular flexibility index (Phi) is 3.91. The summed E-state index contributed by atoms with van der Waals surface area (Å²) in [7, 11) is 0. The summed E-state index contributed by atoms with van der Waals surface area (Å²) in [4.78, 5) is 27.2. The zero-order valence-corrected chi connectivity index (χ0v) is 10.8. The second kappa shape index (κ2) is 5.63. The lowest BCUT2D eigenvalue weighted by molar-refractivity contribution is 0.0181. The second-order valence-corrected chi connectivity index (χ2v) is 4.41. The first-order valence-corrected chi connectivity index (χ1v) is 6.01. The highest BCUT2D eigenvalue weighted by Gasteiger charge is 2.25. The number of carboxylic acid groups (broad SMARTS) is 1. The molecular weight excluding hydrogens is 264 g/mol. The predicted molar refractivity (Wildman–Crippen MR) is 68.4 cm³/mol. The van der Waals surface area contributed by atoms with Gasteiger partial charge in [-0.15, -0.1) is 0 Å². The highest BCUT2D eigenvalue weighted by Crippen LogP contribution is 2.18. The van der Waals surface area contributed by atoms with Crippen molar-refractivity contribution >= 4 is 17.7 Å². The lowest BCUT2D eigenvalue weighted by atomic mass is 10.3. The van der Waals surface area contributed by atoms with E-state index in [1.54, 1.807) is 13.0 Å². The number of amides is 2. The number of hydrogen-bond donors (Lipinski definition) is 3. The van der Waals surface area contributed by atoms with Gasteiger partial charge >= 0.3 is 12.0 Å². The van der Waals surface area contributed by atoms with Crippen LogP contribution in [0.25, 0.3) is 0 Å². The van der Waals surface area contributed by atoms with Crippen LogP contribution in [0.15, 0.2) is 6.07 Å². The molecule has 3 N–H and O–H groups in total. The van der Waals surface area contributed by atoms with Crippen LogP contribution in [0.2, 0.25) is 0 Å². The smallest absolute Gasteiger partial charge is 0.354 e. The van der Waals surface area contributed by atoms with Gasteiger partial charge in [0.15, 0.2) is 6.10 Å². The van der Waals surface area contributed by atoms with Crippen molar-refractivity contribution in [3.05, 3.63) is 17.5 Å². The van der Waals surface area contributed by atoms with Gasteiger partial charge in [-0.3, -0.25) is 0 Å². The lowest BCUT2D eigenvalue weighted by Crippen LogP contribution is -2.47. The van der Waals surface area contributed by atoms with Gasteiger partial charge in [-0.1, -0.05) is 0 Å². The van der Waals surface area contributed by atoms with Gasteiger partial charge in [0.25, 0.3) is 0 Å². The first kappa shape index (κ1) is 13.9. The minimum Gasteiger partial charge on any atom is -0.477 e. The third-order valence-corrected chi connectivity index (χ3v) is 2.91. The van der Waals surface area contributed by atoms with Gasteiger partial charge < -0.3 is 25.0 Å². The average molecular weight is 278 g/mol. The zero-order chi connectivity index (χ0) is 14.7. The molecule has 1 aliphatic heterocycles. The van der Waals surface area contributed by atoms with Crippen molar-refractivity contribution in [2.24, 2.45) is 0 Å². The summed E-state index contributed by atoms with van der Waals surface area (Å²) in [6, 6.07) is 3.04. The van der Waals surface area contributed by atoms with Crippen molar-refractivity contribution in [1.82, 2.24) is 9.88 Å². The van der Waals surface area contributed by atoms with E-state index in [0.29, 0.717) is 12.2 Å². The van der Waals surface area contributed by atoms with Gasteiger partial charge in [0, 0.05) is 12.2 Å². The van der Waals surface area contributed by atoms with Crippen LogP contribution in [0.4, 0.5) is 10.5 Å². The molecule has 0 spiro atoms. The number of aryl methyl sites for hydroxylation is 1. The molecule has 106 valence electrons. The first-order valence-electron chi connectivity index (χ1n) is 6.01. The van der Waals surface area contributed by atoms with E-state index in [2.05, 4.69) is 10.3 Å². The largest absolute Gasteiger partial charge is 0.477 e. The number of aromatic carboxylic acids is 1. The number of hydrogen-bond acceptors (Lipinski definition) is 4. The zero-order valence-electron chi connectivity index (χ0n) is 10.8. The number of carbonyl (C=O) groups is 2. The molecule has 1 fully saturated rings. The number of carboxylic acids is 1. The molecule has 1 unspecified atom stereocenters. The van der Waals surface area contributed by atoms with E-state index < -0.39 is 18.1 Å². The summed E-state index contributed by atoms with van der Waals surface area (Å²) in [5, 5.41) is 20.3. The number of aromatic amines is 1. The van der Waals surface area contributed by atoms with Crippen LogP contribution in [-0.2, 0) is 4.74 Å². The normalized spacial score (nSPS) is 18.4. The summed E-state index contributed by atoms with van der Waals surface area (Å²) < 4.78 is 5.14. The molecule has 8 nitrogen and oxygen atoms in total. The van der Waals surface area contributed by atoms with Crippen LogP contribution in [0, 0.1) is 18.3 Å². The molecule has 0 saturated carbocycles. The number of aromatic nitrogens is 1. The highest BCUT2D eigenvalue weighted by molar-refractivity contribution is 5.99. The van der Waals surface area contributed by atoms with Crippen molar-refractivity contribution in [1.29, 1.82) is 5.26 Å². The van der Waals surface area contributed by atoms with Crippen molar-refractivity contribution < 1.29 is 19.4 Å². The van der Waals surface area contributed by atoms with E-state index >= 15 is 0 Å². The van der Waals surface area contributed by atoms with Crippen LogP contribution in [0.1, 0.15) is 16.2 Å². The van der Waals surface area contributed by atoms with Crippen molar-refractivity contribution in [2.75, 3.05) is 25.0 Å². The van der Waals surface area contributed by atoms with Crippen LogP contribution in [0.3, 0.4) is 0 Å².